The number of anilines is 1. The van der Waals surface area contributed by atoms with Crippen molar-refractivity contribution >= 4 is 54.4 Å². The predicted octanol–water partition coefficient (Wildman–Crippen LogP) is 4.97. The second kappa shape index (κ2) is 7.41. The van der Waals surface area contributed by atoms with Gasteiger partial charge in [-0.25, -0.2) is 4.79 Å². The van der Waals surface area contributed by atoms with Crippen molar-refractivity contribution in [2.45, 2.75) is 6.92 Å². The predicted molar refractivity (Wildman–Crippen MR) is 103 cm³/mol. The van der Waals surface area contributed by atoms with Gasteiger partial charge in [0.15, 0.2) is 5.58 Å². The van der Waals surface area contributed by atoms with Crippen LogP contribution in [0.15, 0.2) is 60.6 Å². The lowest BCUT2D eigenvalue weighted by atomic mass is 10.1. The lowest BCUT2D eigenvalue weighted by Crippen LogP contribution is -2.21. The maximum atomic E-state index is 12.6. The van der Waals surface area contributed by atoms with E-state index in [2.05, 4.69) is 37.2 Å². The van der Waals surface area contributed by atoms with Gasteiger partial charge in [-0.05, 0) is 53.2 Å². The van der Waals surface area contributed by atoms with Gasteiger partial charge in [0.2, 0.25) is 0 Å². The van der Waals surface area contributed by atoms with Gasteiger partial charge in [0, 0.05) is 9.86 Å². The third kappa shape index (κ3) is 3.77. The van der Waals surface area contributed by atoms with Crippen molar-refractivity contribution in [1.29, 1.82) is 0 Å². The number of benzene rings is 2. The number of fused-ring (bicyclic) bond motifs is 1. The van der Waals surface area contributed by atoms with Crippen LogP contribution < -0.4 is 15.7 Å². The molecule has 25 heavy (non-hydrogen) atoms. The molecule has 0 fully saturated rings. The maximum absolute atomic E-state index is 12.6. The Balaban J connectivity index is 2.00. The Bertz CT molecular complexity index is 1010. The van der Waals surface area contributed by atoms with E-state index in [9.17, 15) is 9.59 Å². The summed E-state index contributed by atoms with van der Waals surface area (Å²) in [6.07, 6.45) is 0. The van der Waals surface area contributed by atoms with E-state index in [-0.39, 0.29) is 5.56 Å². The SMILES string of the molecule is CCOc1ccccc1NC(=O)c1cc2cc(Br)cc(Br)c2oc1=O. The topological polar surface area (TPSA) is 68.5 Å². The number of hydrogen-bond donors (Lipinski definition) is 1. The van der Waals surface area contributed by atoms with Crippen LogP contribution in [-0.4, -0.2) is 12.5 Å². The Morgan fingerprint density at radius 2 is 1.96 bits per heavy atom. The number of amides is 1. The summed E-state index contributed by atoms with van der Waals surface area (Å²) in [5.41, 5.74) is 0.0921. The van der Waals surface area contributed by atoms with Crippen molar-refractivity contribution in [3.8, 4) is 5.75 Å². The number of ether oxygens (including phenoxy) is 1. The normalized spacial score (nSPS) is 10.7. The molecule has 128 valence electrons. The van der Waals surface area contributed by atoms with Crippen molar-refractivity contribution in [3.63, 3.8) is 0 Å². The molecule has 1 N–H and O–H groups in total. The molecule has 0 aliphatic carbocycles. The molecule has 0 atom stereocenters. The van der Waals surface area contributed by atoms with Crippen LogP contribution in [0.25, 0.3) is 11.0 Å². The van der Waals surface area contributed by atoms with E-state index in [1.165, 1.54) is 6.07 Å². The molecule has 0 spiro atoms. The molecular weight excluding hydrogens is 454 g/mol. The lowest BCUT2D eigenvalue weighted by molar-refractivity contribution is 0.102. The molecule has 3 aromatic rings. The summed E-state index contributed by atoms with van der Waals surface area (Å²) in [5, 5.41) is 3.33. The van der Waals surface area contributed by atoms with E-state index in [0.29, 0.717) is 33.5 Å². The Hall–Kier alpha value is -2.12. The highest BCUT2D eigenvalue weighted by Crippen LogP contribution is 2.28. The van der Waals surface area contributed by atoms with Crippen LogP contribution in [0.5, 0.6) is 5.75 Å². The molecule has 1 aromatic heterocycles. The van der Waals surface area contributed by atoms with Crippen LogP contribution in [0.4, 0.5) is 5.69 Å². The number of carbonyl (C=O) groups excluding carboxylic acids is 1. The third-order valence-corrected chi connectivity index (χ3v) is 4.48. The highest BCUT2D eigenvalue weighted by Gasteiger charge is 2.17. The fourth-order valence-corrected chi connectivity index (χ4v) is 3.70. The standard InChI is InChI=1S/C18H13Br2NO4/c1-2-24-15-6-4-3-5-14(15)21-17(22)12-8-10-7-11(19)9-13(20)16(10)25-18(12)23/h3-9H,2H2,1H3,(H,21,22). The van der Waals surface area contributed by atoms with E-state index in [1.807, 2.05) is 6.92 Å². The summed E-state index contributed by atoms with van der Waals surface area (Å²) in [7, 11) is 0. The molecule has 2 aromatic carbocycles. The first kappa shape index (κ1) is 17.7. The highest BCUT2D eigenvalue weighted by atomic mass is 79.9. The smallest absolute Gasteiger partial charge is 0.349 e. The quantitative estimate of drug-likeness (QED) is 0.551. The van der Waals surface area contributed by atoms with Gasteiger partial charge < -0.3 is 14.5 Å². The minimum Gasteiger partial charge on any atom is -0.492 e. The summed E-state index contributed by atoms with van der Waals surface area (Å²) < 4.78 is 12.2. The van der Waals surface area contributed by atoms with Crippen molar-refractivity contribution in [2.24, 2.45) is 0 Å². The first-order valence-electron chi connectivity index (χ1n) is 7.45. The maximum Gasteiger partial charge on any atom is 0.349 e. The van der Waals surface area contributed by atoms with Gasteiger partial charge in [0.25, 0.3) is 5.91 Å². The van der Waals surface area contributed by atoms with Gasteiger partial charge >= 0.3 is 5.63 Å². The van der Waals surface area contributed by atoms with Gasteiger partial charge in [-0.1, -0.05) is 28.1 Å². The Labute approximate surface area is 160 Å². The van der Waals surface area contributed by atoms with Crippen molar-refractivity contribution in [3.05, 3.63) is 67.4 Å². The highest BCUT2D eigenvalue weighted by molar-refractivity contribution is 9.11. The van der Waals surface area contributed by atoms with Crippen LogP contribution in [0.3, 0.4) is 0 Å². The molecule has 0 aliphatic rings. The Kier molecular flexibility index (Phi) is 5.24. The fraction of sp³-hybridized carbons (Fsp3) is 0.111. The first-order chi connectivity index (χ1) is 12.0. The average molecular weight is 467 g/mol. The number of halogens is 2. The van der Waals surface area contributed by atoms with Gasteiger partial charge in [-0.15, -0.1) is 0 Å². The van der Waals surface area contributed by atoms with Crippen LogP contribution in [-0.2, 0) is 0 Å². The zero-order chi connectivity index (χ0) is 18.0. The van der Waals surface area contributed by atoms with E-state index in [4.69, 9.17) is 9.15 Å². The lowest BCUT2D eigenvalue weighted by Gasteiger charge is -2.11. The minimum atomic E-state index is -0.707. The Morgan fingerprint density at radius 1 is 1.20 bits per heavy atom. The zero-order valence-electron chi connectivity index (χ0n) is 13.1. The molecule has 5 nitrogen and oxygen atoms in total. The van der Waals surface area contributed by atoms with Crippen molar-refractivity contribution in [1.82, 2.24) is 0 Å². The summed E-state index contributed by atoms with van der Waals surface area (Å²) in [5.74, 6) is -0.0204. The van der Waals surface area contributed by atoms with Gasteiger partial charge in [-0.2, -0.15) is 0 Å². The van der Waals surface area contributed by atoms with Crippen molar-refractivity contribution < 1.29 is 13.9 Å². The third-order valence-electron chi connectivity index (χ3n) is 3.43. The van der Waals surface area contributed by atoms with E-state index >= 15 is 0 Å². The van der Waals surface area contributed by atoms with Gasteiger partial charge in [-0.3, -0.25) is 4.79 Å². The number of rotatable bonds is 4. The minimum absolute atomic E-state index is 0.0798. The number of nitrogens with one attached hydrogen (secondary N) is 1. The number of hydrogen-bond acceptors (Lipinski definition) is 4. The average Bonchev–Trinajstić information content (AvgIpc) is 2.57. The van der Waals surface area contributed by atoms with E-state index < -0.39 is 11.5 Å². The fourth-order valence-electron chi connectivity index (χ4n) is 2.36. The van der Waals surface area contributed by atoms with Gasteiger partial charge in [0.1, 0.15) is 11.3 Å². The van der Waals surface area contributed by atoms with Crippen LogP contribution >= 0.6 is 31.9 Å². The summed E-state index contributed by atoms with van der Waals surface area (Å²) in [6.45, 7) is 2.32. The second-order valence-corrected chi connectivity index (χ2v) is 6.91. The molecule has 3 rings (SSSR count). The molecular formula is C18H13Br2NO4. The van der Waals surface area contributed by atoms with E-state index in [1.54, 1.807) is 36.4 Å². The largest absolute Gasteiger partial charge is 0.492 e. The van der Waals surface area contributed by atoms with Crippen LogP contribution in [0.2, 0.25) is 0 Å². The molecule has 0 radical (unpaired) electrons. The summed E-state index contributed by atoms with van der Waals surface area (Å²) in [4.78, 5) is 24.8. The number of para-hydroxylation sites is 2. The molecule has 1 amide bonds. The molecule has 0 saturated carbocycles. The monoisotopic (exact) mass is 465 g/mol. The molecule has 7 heteroatoms. The zero-order valence-corrected chi connectivity index (χ0v) is 16.3. The molecule has 0 saturated heterocycles. The van der Waals surface area contributed by atoms with Crippen LogP contribution in [0.1, 0.15) is 17.3 Å². The Morgan fingerprint density at radius 3 is 2.72 bits per heavy atom. The summed E-state index contributed by atoms with van der Waals surface area (Å²) >= 11 is 6.72. The second-order valence-electron chi connectivity index (χ2n) is 5.14. The van der Waals surface area contributed by atoms with Crippen LogP contribution in [0, 0.1) is 0 Å². The molecule has 0 aliphatic heterocycles. The molecule has 0 bridgehead atoms. The number of carbonyl (C=O) groups is 1. The molecule has 0 unspecified atom stereocenters. The van der Waals surface area contributed by atoms with Crippen molar-refractivity contribution in [2.75, 3.05) is 11.9 Å². The summed E-state index contributed by atoms with van der Waals surface area (Å²) in [6, 6.07) is 12.1. The van der Waals surface area contributed by atoms with E-state index in [0.717, 1.165) is 4.47 Å². The van der Waals surface area contributed by atoms with Gasteiger partial charge in [0.05, 0.1) is 16.8 Å². The molecule has 1 heterocycles. The first-order valence-corrected chi connectivity index (χ1v) is 9.04.